The van der Waals surface area contributed by atoms with Crippen LogP contribution in [0.15, 0.2) is 54.6 Å². The van der Waals surface area contributed by atoms with Gasteiger partial charge in [-0.1, -0.05) is 42.5 Å². The third-order valence-corrected chi connectivity index (χ3v) is 5.57. The first kappa shape index (κ1) is 20.5. The Labute approximate surface area is 166 Å². The predicted molar refractivity (Wildman–Crippen MR) is 111 cm³/mol. The van der Waals surface area contributed by atoms with Crippen molar-refractivity contribution < 1.29 is 14.2 Å². The molecule has 0 unspecified atom stereocenters. The summed E-state index contributed by atoms with van der Waals surface area (Å²) in [6, 6.07) is 14.9. The van der Waals surface area contributed by atoms with Crippen molar-refractivity contribution in [3.05, 3.63) is 71.6 Å². The molecule has 2 aromatic carbocycles. The van der Waals surface area contributed by atoms with E-state index in [1.165, 1.54) is 6.07 Å². The van der Waals surface area contributed by atoms with Crippen LogP contribution < -0.4 is 10.1 Å². The Kier molecular flexibility index (Phi) is 7.20. The van der Waals surface area contributed by atoms with Crippen LogP contribution >= 0.6 is 0 Å². The lowest BCUT2D eigenvalue weighted by molar-refractivity contribution is 0.151. The van der Waals surface area contributed by atoms with Gasteiger partial charge in [0.15, 0.2) is 0 Å². The Hall–Kier alpha value is -2.21. The van der Waals surface area contributed by atoms with Gasteiger partial charge in [0.25, 0.3) is 0 Å². The van der Waals surface area contributed by atoms with E-state index in [9.17, 15) is 9.50 Å². The summed E-state index contributed by atoms with van der Waals surface area (Å²) in [5.74, 6) is 0.911. The van der Waals surface area contributed by atoms with Crippen LogP contribution in [0.25, 0.3) is 6.08 Å². The van der Waals surface area contributed by atoms with Crippen molar-refractivity contribution in [2.45, 2.75) is 18.5 Å². The molecule has 1 fully saturated rings. The molecule has 1 aliphatic rings. The van der Waals surface area contributed by atoms with Crippen molar-refractivity contribution in [3.8, 4) is 5.75 Å². The first-order chi connectivity index (χ1) is 13.6. The number of benzene rings is 2. The van der Waals surface area contributed by atoms with E-state index >= 15 is 0 Å². The predicted octanol–water partition coefficient (Wildman–Crippen LogP) is 3.49. The highest BCUT2D eigenvalue weighted by molar-refractivity contribution is 5.50. The zero-order valence-electron chi connectivity index (χ0n) is 16.5. The highest BCUT2D eigenvalue weighted by Gasteiger charge is 2.40. The van der Waals surface area contributed by atoms with E-state index in [0.717, 1.165) is 30.8 Å². The highest BCUT2D eigenvalue weighted by atomic mass is 19.1. The quantitative estimate of drug-likeness (QED) is 0.684. The van der Waals surface area contributed by atoms with Gasteiger partial charge in [-0.3, -0.25) is 4.90 Å². The summed E-state index contributed by atoms with van der Waals surface area (Å²) in [7, 11) is 3.63. The molecule has 3 atom stereocenters. The fourth-order valence-electron chi connectivity index (χ4n) is 4.05. The molecule has 5 heteroatoms. The first-order valence-electron chi connectivity index (χ1n) is 9.72. The number of aliphatic hydroxyl groups excluding tert-OH is 1. The van der Waals surface area contributed by atoms with Crippen LogP contribution in [0.1, 0.15) is 23.6 Å². The van der Waals surface area contributed by atoms with E-state index in [1.54, 1.807) is 13.2 Å². The van der Waals surface area contributed by atoms with Crippen molar-refractivity contribution >= 4 is 6.08 Å². The minimum Gasteiger partial charge on any atom is -0.497 e. The van der Waals surface area contributed by atoms with Crippen LogP contribution in [0.3, 0.4) is 0 Å². The van der Waals surface area contributed by atoms with Gasteiger partial charge in [-0.2, -0.15) is 0 Å². The maximum absolute atomic E-state index is 14.4. The first-order valence-corrected chi connectivity index (χ1v) is 9.72. The molecule has 28 heavy (non-hydrogen) atoms. The molecule has 1 aliphatic heterocycles. The topological polar surface area (TPSA) is 44.7 Å². The molecule has 150 valence electrons. The molecule has 2 aromatic rings. The largest absolute Gasteiger partial charge is 0.497 e. The van der Waals surface area contributed by atoms with E-state index in [1.807, 2.05) is 43.4 Å². The zero-order chi connectivity index (χ0) is 19.9. The molecule has 4 nitrogen and oxygen atoms in total. The Morgan fingerprint density at radius 3 is 2.64 bits per heavy atom. The molecular formula is C23H29FN2O2. The van der Waals surface area contributed by atoms with E-state index in [0.29, 0.717) is 5.56 Å². The van der Waals surface area contributed by atoms with Gasteiger partial charge < -0.3 is 15.2 Å². The number of hydrogen-bond acceptors (Lipinski definition) is 4. The molecule has 0 saturated carbocycles. The number of rotatable bonds is 8. The number of likely N-dealkylation sites (tertiary alicyclic amines) is 1. The molecular weight excluding hydrogens is 355 g/mol. The van der Waals surface area contributed by atoms with Gasteiger partial charge in [0.1, 0.15) is 11.6 Å². The third kappa shape index (κ3) is 4.79. The lowest BCUT2D eigenvalue weighted by atomic mass is 9.92. The van der Waals surface area contributed by atoms with Gasteiger partial charge in [0.2, 0.25) is 0 Å². The summed E-state index contributed by atoms with van der Waals surface area (Å²) in [5, 5.41) is 13.1. The Morgan fingerprint density at radius 2 is 1.96 bits per heavy atom. The Balaban J connectivity index is 1.58. The molecule has 2 N–H and O–H groups in total. The second-order valence-corrected chi connectivity index (χ2v) is 7.30. The fraction of sp³-hybridized carbons (Fsp3) is 0.391. The second kappa shape index (κ2) is 9.82. The molecule has 0 aromatic heterocycles. The Morgan fingerprint density at radius 1 is 1.21 bits per heavy atom. The smallest absolute Gasteiger partial charge is 0.127 e. The average molecular weight is 384 g/mol. The van der Waals surface area contributed by atoms with Crippen molar-refractivity contribution in [2.24, 2.45) is 5.92 Å². The standard InChI is InChI=1S/C23H29FN2O2/c1-26-19(16-27)14-18(23(26)21-7-3-4-8-22(21)24)15-25-13-5-6-17-9-11-20(28-2)12-10-17/h3-12,18-19,23,25,27H,13-16H2,1-2H3/b6-5+/t18-,19+,23-/m1/s1. The number of halogens is 1. The van der Waals surface area contributed by atoms with E-state index < -0.39 is 0 Å². The minimum absolute atomic E-state index is 0.0311. The SMILES string of the molecule is COc1ccc(/C=C/CNC[C@H]2C[C@@H](CO)N(C)[C@H]2c2ccccc2F)cc1. The van der Waals surface area contributed by atoms with Crippen molar-refractivity contribution in [3.63, 3.8) is 0 Å². The van der Waals surface area contributed by atoms with Gasteiger partial charge in [-0.05, 0) is 43.1 Å². The van der Waals surface area contributed by atoms with E-state index in [2.05, 4.69) is 22.4 Å². The van der Waals surface area contributed by atoms with Crippen LogP contribution in [-0.2, 0) is 0 Å². The van der Waals surface area contributed by atoms with Gasteiger partial charge in [-0.15, -0.1) is 0 Å². The molecule has 0 amide bonds. The van der Waals surface area contributed by atoms with Crippen molar-refractivity contribution in [1.29, 1.82) is 0 Å². The average Bonchev–Trinajstić information content (AvgIpc) is 3.04. The number of hydrogen-bond donors (Lipinski definition) is 2. The van der Waals surface area contributed by atoms with E-state index in [-0.39, 0.29) is 30.4 Å². The molecule has 0 bridgehead atoms. The molecule has 0 aliphatic carbocycles. The summed E-state index contributed by atoms with van der Waals surface area (Å²) < 4.78 is 19.5. The normalized spacial score (nSPS) is 22.8. The maximum atomic E-state index is 14.4. The molecule has 0 spiro atoms. The van der Waals surface area contributed by atoms with Crippen LogP contribution in [0.2, 0.25) is 0 Å². The number of methoxy groups -OCH3 is 1. The lowest BCUT2D eigenvalue weighted by Gasteiger charge is -2.28. The fourth-order valence-corrected chi connectivity index (χ4v) is 4.05. The Bertz CT molecular complexity index is 778. The van der Waals surface area contributed by atoms with Crippen molar-refractivity contribution in [1.82, 2.24) is 10.2 Å². The van der Waals surface area contributed by atoms with Crippen LogP contribution in [-0.4, -0.2) is 49.9 Å². The van der Waals surface area contributed by atoms with Crippen LogP contribution in [0.5, 0.6) is 5.75 Å². The number of likely N-dealkylation sites (N-methyl/N-ethyl adjacent to an activating group) is 1. The lowest BCUT2D eigenvalue weighted by Crippen LogP contribution is -2.32. The monoisotopic (exact) mass is 384 g/mol. The zero-order valence-corrected chi connectivity index (χ0v) is 16.5. The molecule has 3 rings (SSSR count). The van der Waals surface area contributed by atoms with Crippen LogP contribution in [0, 0.1) is 11.7 Å². The minimum atomic E-state index is -0.178. The summed E-state index contributed by atoms with van der Waals surface area (Å²) in [4.78, 5) is 2.11. The number of nitrogens with one attached hydrogen (secondary N) is 1. The number of aliphatic hydroxyl groups is 1. The molecule has 1 heterocycles. The van der Waals surface area contributed by atoms with Crippen LogP contribution in [0.4, 0.5) is 4.39 Å². The maximum Gasteiger partial charge on any atom is 0.127 e. The molecule has 0 radical (unpaired) electrons. The highest BCUT2D eigenvalue weighted by Crippen LogP contribution is 2.40. The summed E-state index contributed by atoms with van der Waals surface area (Å²) >= 11 is 0. The van der Waals surface area contributed by atoms with Gasteiger partial charge >= 0.3 is 0 Å². The summed E-state index contributed by atoms with van der Waals surface area (Å²) in [6.45, 7) is 1.60. The van der Waals surface area contributed by atoms with Gasteiger partial charge in [0.05, 0.1) is 13.7 Å². The second-order valence-electron chi connectivity index (χ2n) is 7.30. The number of ether oxygens (including phenoxy) is 1. The van der Waals surface area contributed by atoms with Gasteiger partial charge in [0, 0.05) is 30.7 Å². The summed E-state index contributed by atoms with van der Waals surface area (Å²) in [6.07, 6.45) is 5.00. The van der Waals surface area contributed by atoms with Gasteiger partial charge in [-0.25, -0.2) is 4.39 Å². The summed E-state index contributed by atoms with van der Waals surface area (Å²) in [5.41, 5.74) is 1.83. The molecule has 1 saturated heterocycles. The number of nitrogens with zero attached hydrogens (tertiary/aromatic N) is 1. The van der Waals surface area contributed by atoms with E-state index in [4.69, 9.17) is 4.74 Å². The third-order valence-electron chi connectivity index (χ3n) is 5.57. The van der Waals surface area contributed by atoms with Crippen molar-refractivity contribution in [2.75, 3.05) is 33.9 Å².